The quantitative estimate of drug-likeness (QED) is 0.165. The van der Waals surface area contributed by atoms with Crippen molar-refractivity contribution in [1.29, 1.82) is 0 Å². The van der Waals surface area contributed by atoms with Crippen LogP contribution in [0.3, 0.4) is 0 Å². The first-order valence-corrected chi connectivity index (χ1v) is 22.2. The summed E-state index contributed by atoms with van der Waals surface area (Å²) in [7, 11) is 0. The first kappa shape index (κ1) is 35.1. The number of hydrogen-bond acceptors (Lipinski definition) is 3. The molecule has 0 radical (unpaired) electrons. The van der Waals surface area contributed by atoms with E-state index in [1.54, 1.807) is 0 Å². The van der Waals surface area contributed by atoms with Crippen LogP contribution in [0, 0.1) is 0 Å². The molecule has 10 aromatic carbocycles. The number of anilines is 6. The van der Waals surface area contributed by atoms with Crippen LogP contribution in [0.15, 0.2) is 231 Å². The number of benzene rings is 10. The highest BCUT2D eigenvalue weighted by molar-refractivity contribution is 7.26. The molecular formula is C59H38N2S. The molecule has 0 N–H and O–H groups in total. The Labute approximate surface area is 364 Å². The van der Waals surface area contributed by atoms with Gasteiger partial charge in [-0.2, -0.15) is 0 Å². The lowest BCUT2D eigenvalue weighted by molar-refractivity contribution is 0.794. The average Bonchev–Trinajstić information content (AvgIpc) is 3.97. The average molecular weight is 807 g/mol. The predicted molar refractivity (Wildman–Crippen MR) is 263 cm³/mol. The van der Waals surface area contributed by atoms with Gasteiger partial charge < -0.3 is 9.80 Å². The van der Waals surface area contributed by atoms with Crippen molar-refractivity contribution in [2.75, 3.05) is 9.80 Å². The molecule has 11 aromatic rings. The molecule has 2 aliphatic carbocycles. The first-order valence-electron chi connectivity index (χ1n) is 21.4. The number of fused-ring (bicyclic) bond motifs is 15. The second-order valence-corrected chi connectivity index (χ2v) is 17.4. The molecule has 0 fully saturated rings. The molecule has 1 heterocycles. The van der Waals surface area contributed by atoms with E-state index in [0.717, 1.165) is 22.7 Å². The Bertz CT molecular complexity index is 3500. The van der Waals surface area contributed by atoms with E-state index in [1.165, 1.54) is 86.8 Å². The van der Waals surface area contributed by atoms with E-state index in [-0.39, 0.29) is 0 Å². The maximum Gasteiger partial charge on any atom is 0.0726 e. The molecule has 2 nitrogen and oxygen atoms in total. The lowest BCUT2D eigenvalue weighted by Gasteiger charge is -2.33. The first-order chi connectivity index (χ1) is 30.8. The van der Waals surface area contributed by atoms with Crippen LogP contribution in [0.25, 0.3) is 53.2 Å². The zero-order valence-corrected chi connectivity index (χ0v) is 34.6. The summed E-state index contributed by atoms with van der Waals surface area (Å²) in [6, 6.07) is 85.3. The van der Waals surface area contributed by atoms with Crippen LogP contribution in [-0.4, -0.2) is 0 Å². The lowest BCUT2D eigenvalue weighted by Crippen LogP contribution is -2.26. The van der Waals surface area contributed by atoms with Gasteiger partial charge in [-0.25, -0.2) is 0 Å². The zero-order chi connectivity index (χ0) is 40.8. The minimum Gasteiger partial charge on any atom is -0.310 e. The smallest absolute Gasteiger partial charge is 0.0726 e. The van der Waals surface area contributed by atoms with E-state index in [0.29, 0.717) is 0 Å². The summed E-state index contributed by atoms with van der Waals surface area (Å²) in [5, 5.41) is 5.05. The third kappa shape index (κ3) is 4.91. The highest BCUT2D eigenvalue weighted by atomic mass is 32.1. The molecule has 2 aliphatic rings. The lowest BCUT2D eigenvalue weighted by atomic mass is 9.70. The van der Waals surface area contributed by atoms with E-state index in [2.05, 4.69) is 240 Å². The molecule has 13 rings (SSSR count). The highest BCUT2D eigenvalue weighted by Gasteiger charge is 2.52. The van der Waals surface area contributed by atoms with E-state index in [9.17, 15) is 0 Å². The van der Waals surface area contributed by atoms with Crippen molar-refractivity contribution in [1.82, 2.24) is 0 Å². The van der Waals surface area contributed by atoms with Gasteiger partial charge in [0.25, 0.3) is 0 Å². The van der Waals surface area contributed by atoms with E-state index in [4.69, 9.17) is 0 Å². The summed E-state index contributed by atoms with van der Waals surface area (Å²) in [4.78, 5) is 4.91. The van der Waals surface area contributed by atoms with Crippen molar-refractivity contribution in [3.8, 4) is 22.3 Å². The summed E-state index contributed by atoms with van der Waals surface area (Å²) in [5.74, 6) is 0. The van der Waals surface area contributed by atoms with Crippen LogP contribution < -0.4 is 9.80 Å². The van der Waals surface area contributed by atoms with Gasteiger partial charge in [-0.1, -0.05) is 158 Å². The number of thiophene rings is 1. The molecule has 0 aliphatic heterocycles. The van der Waals surface area contributed by atoms with E-state index in [1.807, 2.05) is 11.3 Å². The van der Waals surface area contributed by atoms with Crippen molar-refractivity contribution >= 4 is 76.4 Å². The number of rotatable bonds is 6. The zero-order valence-electron chi connectivity index (χ0n) is 33.7. The Morgan fingerprint density at radius 1 is 0.306 bits per heavy atom. The Morgan fingerprint density at radius 2 is 0.839 bits per heavy atom. The standard InChI is InChI=1S/C59H38N2S/c1-4-19-39(20-5-1)60(40-21-6-2-7-22-40)42-35-36-51-48(37-42)43-25-12-15-30-49(43)59(51)50-31-16-13-28-46(50)57-45-27-11-10-26-44(45)54(38-52(57)59)61(41-23-8-3-9-24-41)53-32-18-34-56-58(53)47-29-14-17-33-55(47)62-56/h1-38H. The molecule has 0 saturated carbocycles. The molecule has 290 valence electrons. The maximum absolute atomic E-state index is 2.55. The number of para-hydroxylation sites is 3. The van der Waals surface area contributed by atoms with Crippen LogP contribution >= 0.6 is 11.3 Å². The fourth-order valence-corrected chi connectivity index (χ4v) is 11.9. The van der Waals surface area contributed by atoms with Crippen molar-refractivity contribution in [2.45, 2.75) is 5.41 Å². The summed E-state index contributed by atoms with van der Waals surface area (Å²) in [6.45, 7) is 0. The van der Waals surface area contributed by atoms with E-state index >= 15 is 0 Å². The van der Waals surface area contributed by atoms with Crippen LogP contribution in [0.4, 0.5) is 34.1 Å². The Balaban J connectivity index is 1.13. The minimum atomic E-state index is -0.553. The van der Waals surface area contributed by atoms with Crippen molar-refractivity contribution < 1.29 is 0 Å². The van der Waals surface area contributed by atoms with Gasteiger partial charge in [0.15, 0.2) is 0 Å². The van der Waals surface area contributed by atoms with Gasteiger partial charge in [0.1, 0.15) is 0 Å². The van der Waals surface area contributed by atoms with Crippen LogP contribution in [-0.2, 0) is 5.41 Å². The van der Waals surface area contributed by atoms with Gasteiger partial charge in [0.05, 0.1) is 16.8 Å². The maximum atomic E-state index is 2.55. The van der Waals surface area contributed by atoms with Crippen molar-refractivity contribution in [3.63, 3.8) is 0 Å². The molecule has 1 aromatic heterocycles. The summed E-state index contributed by atoms with van der Waals surface area (Å²) in [6.07, 6.45) is 0. The van der Waals surface area contributed by atoms with E-state index < -0.39 is 5.41 Å². The normalized spacial score (nSPS) is 14.5. The summed E-state index contributed by atoms with van der Waals surface area (Å²) in [5.41, 5.74) is 16.7. The molecule has 1 unspecified atom stereocenters. The van der Waals surface area contributed by atoms with Gasteiger partial charge in [0.2, 0.25) is 0 Å². The third-order valence-electron chi connectivity index (χ3n) is 13.2. The number of hydrogen-bond donors (Lipinski definition) is 0. The van der Waals surface area contributed by atoms with Crippen LogP contribution in [0.2, 0.25) is 0 Å². The summed E-state index contributed by atoms with van der Waals surface area (Å²) >= 11 is 1.87. The topological polar surface area (TPSA) is 6.48 Å². The molecule has 3 heteroatoms. The Kier molecular flexibility index (Phi) is 7.72. The van der Waals surface area contributed by atoms with Gasteiger partial charge in [-0.15, -0.1) is 11.3 Å². The monoisotopic (exact) mass is 806 g/mol. The van der Waals surface area contributed by atoms with Crippen LogP contribution in [0.1, 0.15) is 22.3 Å². The molecule has 0 amide bonds. The fourth-order valence-electron chi connectivity index (χ4n) is 10.8. The molecular weight excluding hydrogens is 769 g/mol. The van der Waals surface area contributed by atoms with Gasteiger partial charge in [-0.3, -0.25) is 0 Å². The predicted octanol–water partition coefficient (Wildman–Crippen LogP) is 16.5. The second-order valence-electron chi connectivity index (χ2n) is 16.4. The third-order valence-corrected chi connectivity index (χ3v) is 14.4. The second kappa shape index (κ2) is 13.7. The summed E-state index contributed by atoms with van der Waals surface area (Å²) < 4.78 is 2.58. The molecule has 1 spiro atoms. The Hall–Kier alpha value is -7.72. The molecule has 0 saturated heterocycles. The molecule has 62 heavy (non-hydrogen) atoms. The van der Waals surface area contributed by atoms with Gasteiger partial charge >= 0.3 is 0 Å². The largest absolute Gasteiger partial charge is 0.310 e. The van der Waals surface area contributed by atoms with Crippen LogP contribution in [0.5, 0.6) is 0 Å². The molecule has 0 bridgehead atoms. The van der Waals surface area contributed by atoms with Gasteiger partial charge in [0, 0.05) is 48.3 Å². The number of nitrogens with zero attached hydrogens (tertiary/aromatic N) is 2. The van der Waals surface area contributed by atoms with Gasteiger partial charge in [-0.05, 0) is 123 Å². The minimum absolute atomic E-state index is 0.553. The fraction of sp³-hybridized carbons (Fsp3) is 0.0169. The highest BCUT2D eigenvalue weighted by Crippen LogP contribution is 2.65. The molecule has 1 atom stereocenters. The van der Waals surface area contributed by atoms with Crippen molar-refractivity contribution in [3.05, 3.63) is 253 Å². The Morgan fingerprint density at radius 3 is 1.55 bits per heavy atom. The SMILES string of the molecule is c1ccc(N(c2ccccc2)c2ccc3c(c2)-c2ccccc2C32c3ccccc3-c3c2cc(N(c2ccccc2)c2cccc4sc5ccccc5c24)c2ccccc32)cc1. The van der Waals surface area contributed by atoms with Crippen molar-refractivity contribution in [2.24, 2.45) is 0 Å².